The molecule has 2 heteroatoms. The third-order valence-electron chi connectivity index (χ3n) is 4.65. The molecule has 2 nitrogen and oxygen atoms in total. The van der Waals surface area contributed by atoms with E-state index in [1.807, 2.05) is 6.07 Å². The quantitative estimate of drug-likeness (QED) is 0.888. The SMILES string of the molecule is CC1CCN(C(C)C(N)c2ccccc2)CC1C. The van der Waals surface area contributed by atoms with Gasteiger partial charge in [0, 0.05) is 18.6 Å². The van der Waals surface area contributed by atoms with E-state index in [0.29, 0.717) is 6.04 Å². The molecule has 2 rings (SSSR count). The molecule has 1 aliphatic heterocycles. The summed E-state index contributed by atoms with van der Waals surface area (Å²) in [6, 6.07) is 11.0. The number of hydrogen-bond donors (Lipinski definition) is 1. The molecule has 1 aliphatic rings. The number of nitrogens with two attached hydrogens (primary N) is 1. The standard InChI is InChI=1S/C16H26N2/c1-12-9-10-18(11-13(12)2)14(3)16(17)15-7-5-4-6-8-15/h4-8,12-14,16H,9-11,17H2,1-3H3. The van der Waals surface area contributed by atoms with Crippen LogP contribution < -0.4 is 5.73 Å². The van der Waals surface area contributed by atoms with E-state index in [9.17, 15) is 0 Å². The lowest BCUT2D eigenvalue weighted by atomic mass is 9.87. The summed E-state index contributed by atoms with van der Waals surface area (Å²) in [4.78, 5) is 2.56. The first-order valence-electron chi connectivity index (χ1n) is 7.14. The van der Waals surface area contributed by atoms with E-state index in [1.54, 1.807) is 0 Å². The molecule has 0 radical (unpaired) electrons. The van der Waals surface area contributed by atoms with Crippen molar-refractivity contribution in [2.45, 2.75) is 39.3 Å². The Kier molecular flexibility index (Phi) is 4.41. The lowest BCUT2D eigenvalue weighted by Gasteiger charge is -2.41. The molecule has 4 unspecified atom stereocenters. The lowest BCUT2D eigenvalue weighted by molar-refractivity contribution is 0.0908. The second-order valence-electron chi connectivity index (χ2n) is 5.92. The van der Waals surface area contributed by atoms with Gasteiger partial charge in [0.05, 0.1) is 0 Å². The Balaban J connectivity index is 2.01. The van der Waals surface area contributed by atoms with Crippen molar-refractivity contribution >= 4 is 0 Å². The Morgan fingerprint density at radius 2 is 1.83 bits per heavy atom. The first-order valence-corrected chi connectivity index (χ1v) is 7.14. The third kappa shape index (κ3) is 2.93. The smallest absolute Gasteiger partial charge is 0.0450 e. The molecule has 0 bridgehead atoms. The van der Waals surface area contributed by atoms with Crippen LogP contribution in [0, 0.1) is 11.8 Å². The summed E-state index contributed by atoms with van der Waals surface area (Å²) in [6.45, 7) is 9.36. The molecular formula is C16H26N2. The molecular weight excluding hydrogens is 220 g/mol. The van der Waals surface area contributed by atoms with Crippen molar-refractivity contribution in [3.8, 4) is 0 Å². The second kappa shape index (κ2) is 5.85. The van der Waals surface area contributed by atoms with E-state index >= 15 is 0 Å². The average Bonchev–Trinajstić information content (AvgIpc) is 2.41. The largest absolute Gasteiger partial charge is 0.323 e. The van der Waals surface area contributed by atoms with Crippen molar-refractivity contribution in [1.29, 1.82) is 0 Å². The molecule has 1 heterocycles. The molecule has 2 N–H and O–H groups in total. The van der Waals surface area contributed by atoms with Crippen LogP contribution in [0.2, 0.25) is 0 Å². The number of hydrogen-bond acceptors (Lipinski definition) is 2. The van der Waals surface area contributed by atoms with E-state index in [0.717, 1.165) is 11.8 Å². The molecule has 0 aliphatic carbocycles. The van der Waals surface area contributed by atoms with Gasteiger partial charge in [0.1, 0.15) is 0 Å². The normalized spacial score (nSPS) is 28.9. The van der Waals surface area contributed by atoms with E-state index in [1.165, 1.54) is 25.1 Å². The molecule has 0 spiro atoms. The summed E-state index contributed by atoms with van der Waals surface area (Å²) in [6.07, 6.45) is 1.30. The van der Waals surface area contributed by atoms with Crippen LogP contribution in [0.3, 0.4) is 0 Å². The monoisotopic (exact) mass is 246 g/mol. The molecule has 18 heavy (non-hydrogen) atoms. The van der Waals surface area contributed by atoms with Crippen LogP contribution in [0.5, 0.6) is 0 Å². The second-order valence-corrected chi connectivity index (χ2v) is 5.92. The maximum absolute atomic E-state index is 6.41. The Morgan fingerprint density at radius 3 is 2.44 bits per heavy atom. The average molecular weight is 246 g/mol. The number of rotatable bonds is 3. The maximum atomic E-state index is 6.41. The number of piperidine rings is 1. The zero-order valence-electron chi connectivity index (χ0n) is 11.8. The summed E-state index contributed by atoms with van der Waals surface area (Å²) in [5, 5.41) is 0. The fourth-order valence-corrected chi connectivity index (χ4v) is 2.85. The van der Waals surface area contributed by atoms with Crippen LogP contribution in [0.25, 0.3) is 0 Å². The number of benzene rings is 1. The summed E-state index contributed by atoms with van der Waals surface area (Å²) in [5.74, 6) is 1.63. The first-order chi connectivity index (χ1) is 8.59. The molecule has 100 valence electrons. The minimum atomic E-state index is 0.117. The van der Waals surface area contributed by atoms with Crippen molar-refractivity contribution in [2.24, 2.45) is 17.6 Å². The van der Waals surface area contributed by atoms with Crippen LogP contribution in [-0.4, -0.2) is 24.0 Å². The molecule has 0 saturated carbocycles. The van der Waals surface area contributed by atoms with E-state index < -0.39 is 0 Å². The fourth-order valence-electron chi connectivity index (χ4n) is 2.85. The van der Waals surface area contributed by atoms with Gasteiger partial charge in [-0.15, -0.1) is 0 Å². The van der Waals surface area contributed by atoms with Gasteiger partial charge in [-0.05, 0) is 37.3 Å². The van der Waals surface area contributed by atoms with Gasteiger partial charge in [-0.3, -0.25) is 4.90 Å². The van der Waals surface area contributed by atoms with Crippen LogP contribution in [-0.2, 0) is 0 Å². The lowest BCUT2D eigenvalue weighted by Crippen LogP contribution is -2.47. The van der Waals surface area contributed by atoms with Gasteiger partial charge >= 0.3 is 0 Å². The predicted octanol–water partition coefficient (Wildman–Crippen LogP) is 3.05. The summed E-state index contributed by atoms with van der Waals surface area (Å²) in [5.41, 5.74) is 7.65. The number of likely N-dealkylation sites (tertiary alicyclic amines) is 1. The van der Waals surface area contributed by atoms with Crippen molar-refractivity contribution in [3.05, 3.63) is 35.9 Å². The van der Waals surface area contributed by atoms with Crippen molar-refractivity contribution < 1.29 is 0 Å². The topological polar surface area (TPSA) is 29.3 Å². The van der Waals surface area contributed by atoms with Gasteiger partial charge in [-0.25, -0.2) is 0 Å². The highest BCUT2D eigenvalue weighted by molar-refractivity contribution is 5.20. The zero-order chi connectivity index (χ0) is 13.1. The van der Waals surface area contributed by atoms with Crippen LogP contribution in [0.1, 0.15) is 38.8 Å². The fraction of sp³-hybridized carbons (Fsp3) is 0.625. The molecule has 1 aromatic rings. The summed E-state index contributed by atoms with van der Waals surface area (Å²) < 4.78 is 0. The Bertz CT molecular complexity index is 363. The van der Waals surface area contributed by atoms with Crippen molar-refractivity contribution in [3.63, 3.8) is 0 Å². The van der Waals surface area contributed by atoms with Gasteiger partial charge in [0.15, 0.2) is 0 Å². The Morgan fingerprint density at radius 1 is 1.17 bits per heavy atom. The highest BCUT2D eigenvalue weighted by atomic mass is 15.2. The molecule has 1 saturated heterocycles. The van der Waals surface area contributed by atoms with Gasteiger partial charge in [-0.1, -0.05) is 44.2 Å². The molecule has 1 fully saturated rings. The molecule has 0 amide bonds. The first kappa shape index (κ1) is 13.6. The minimum absolute atomic E-state index is 0.117. The third-order valence-corrected chi connectivity index (χ3v) is 4.65. The molecule has 4 atom stereocenters. The van der Waals surface area contributed by atoms with Gasteiger partial charge in [-0.2, -0.15) is 0 Å². The predicted molar refractivity (Wildman–Crippen MR) is 77.4 cm³/mol. The maximum Gasteiger partial charge on any atom is 0.0450 e. The van der Waals surface area contributed by atoms with Gasteiger partial charge in [0.25, 0.3) is 0 Å². The van der Waals surface area contributed by atoms with Gasteiger partial charge < -0.3 is 5.73 Å². The van der Waals surface area contributed by atoms with Gasteiger partial charge in [0.2, 0.25) is 0 Å². The summed E-state index contributed by atoms with van der Waals surface area (Å²) >= 11 is 0. The molecule has 1 aromatic carbocycles. The minimum Gasteiger partial charge on any atom is -0.323 e. The zero-order valence-corrected chi connectivity index (χ0v) is 11.8. The van der Waals surface area contributed by atoms with Crippen LogP contribution >= 0.6 is 0 Å². The van der Waals surface area contributed by atoms with Crippen LogP contribution in [0.4, 0.5) is 0 Å². The summed E-state index contributed by atoms with van der Waals surface area (Å²) in [7, 11) is 0. The van der Waals surface area contributed by atoms with E-state index in [-0.39, 0.29) is 6.04 Å². The van der Waals surface area contributed by atoms with Crippen LogP contribution in [0.15, 0.2) is 30.3 Å². The highest BCUT2D eigenvalue weighted by Crippen LogP contribution is 2.27. The Labute approximate surface area is 111 Å². The van der Waals surface area contributed by atoms with E-state index in [2.05, 4.69) is 49.9 Å². The van der Waals surface area contributed by atoms with Crippen molar-refractivity contribution in [1.82, 2.24) is 4.90 Å². The Hall–Kier alpha value is -0.860. The highest BCUT2D eigenvalue weighted by Gasteiger charge is 2.28. The van der Waals surface area contributed by atoms with E-state index in [4.69, 9.17) is 5.73 Å². The number of nitrogens with zero attached hydrogens (tertiary/aromatic N) is 1. The molecule has 0 aromatic heterocycles. The van der Waals surface area contributed by atoms with Crippen molar-refractivity contribution in [2.75, 3.05) is 13.1 Å².